The number of nitrogens with one attached hydrogen (secondary N) is 2. The minimum atomic E-state index is 0.106. The van der Waals surface area contributed by atoms with E-state index in [2.05, 4.69) is 20.3 Å². The topological polar surface area (TPSA) is 67.2 Å². The van der Waals surface area contributed by atoms with Gasteiger partial charge in [-0.2, -0.15) is 0 Å². The summed E-state index contributed by atoms with van der Waals surface area (Å²) in [7, 11) is 0. The SMILES string of the molecule is O=C(CC1CCNCC1)NCc1ccon1. The number of carbonyl (C=O) groups is 1. The highest BCUT2D eigenvalue weighted by Gasteiger charge is 2.16. The zero-order valence-electron chi connectivity index (χ0n) is 9.24. The summed E-state index contributed by atoms with van der Waals surface area (Å²) < 4.78 is 4.69. The van der Waals surface area contributed by atoms with Crippen molar-refractivity contribution in [3.8, 4) is 0 Å². The van der Waals surface area contributed by atoms with E-state index in [0.29, 0.717) is 18.9 Å². The molecule has 1 saturated heterocycles. The minimum Gasteiger partial charge on any atom is -0.364 e. The molecule has 2 heterocycles. The molecule has 0 radical (unpaired) electrons. The Morgan fingerprint density at radius 3 is 3.06 bits per heavy atom. The van der Waals surface area contributed by atoms with E-state index in [1.807, 2.05) is 0 Å². The highest BCUT2D eigenvalue weighted by molar-refractivity contribution is 5.76. The van der Waals surface area contributed by atoms with Crippen molar-refractivity contribution >= 4 is 5.91 Å². The summed E-state index contributed by atoms with van der Waals surface area (Å²) in [5.41, 5.74) is 0.763. The normalized spacial score (nSPS) is 17.2. The van der Waals surface area contributed by atoms with Crippen molar-refractivity contribution in [2.45, 2.75) is 25.8 Å². The van der Waals surface area contributed by atoms with Gasteiger partial charge in [-0.15, -0.1) is 0 Å². The molecule has 5 heteroatoms. The predicted octanol–water partition coefficient (Wildman–Crippen LogP) is 0.680. The molecule has 0 spiro atoms. The second-order valence-electron chi connectivity index (χ2n) is 4.17. The van der Waals surface area contributed by atoms with Gasteiger partial charge >= 0.3 is 0 Å². The first-order valence-corrected chi connectivity index (χ1v) is 5.71. The van der Waals surface area contributed by atoms with Crippen LogP contribution >= 0.6 is 0 Å². The van der Waals surface area contributed by atoms with Gasteiger partial charge in [0.1, 0.15) is 12.0 Å². The molecule has 0 aromatic carbocycles. The minimum absolute atomic E-state index is 0.106. The molecule has 2 rings (SSSR count). The summed E-state index contributed by atoms with van der Waals surface area (Å²) in [6, 6.07) is 1.75. The zero-order valence-corrected chi connectivity index (χ0v) is 9.24. The number of hydrogen-bond acceptors (Lipinski definition) is 4. The van der Waals surface area contributed by atoms with Crippen LogP contribution in [0.4, 0.5) is 0 Å². The standard InChI is InChI=1S/C11H17N3O2/c15-11(7-9-1-4-12-5-2-9)13-8-10-3-6-16-14-10/h3,6,9,12H,1-2,4-5,7-8H2,(H,13,15). The van der Waals surface area contributed by atoms with Gasteiger partial charge in [0.15, 0.2) is 0 Å². The molecule has 88 valence electrons. The Balaban J connectivity index is 1.67. The van der Waals surface area contributed by atoms with Gasteiger partial charge in [0.25, 0.3) is 0 Å². The lowest BCUT2D eigenvalue weighted by Crippen LogP contribution is -2.32. The zero-order chi connectivity index (χ0) is 11.2. The number of amides is 1. The second kappa shape index (κ2) is 5.65. The Hall–Kier alpha value is -1.36. The Morgan fingerprint density at radius 2 is 2.38 bits per heavy atom. The number of rotatable bonds is 4. The summed E-state index contributed by atoms with van der Waals surface area (Å²) in [6.07, 6.45) is 4.32. The Kier molecular flexibility index (Phi) is 3.93. The molecule has 1 aromatic rings. The van der Waals surface area contributed by atoms with Crippen molar-refractivity contribution in [1.82, 2.24) is 15.8 Å². The van der Waals surface area contributed by atoms with Crippen LogP contribution in [-0.4, -0.2) is 24.2 Å². The Morgan fingerprint density at radius 1 is 1.56 bits per heavy atom. The van der Waals surface area contributed by atoms with Gasteiger partial charge in [-0.1, -0.05) is 5.16 Å². The van der Waals surface area contributed by atoms with Crippen LogP contribution in [0.2, 0.25) is 0 Å². The molecule has 1 fully saturated rings. The molecule has 1 amide bonds. The van der Waals surface area contributed by atoms with Crippen LogP contribution in [-0.2, 0) is 11.3 Å². The van der Waals surface area contributed by atoms with Crippen LogP contribution in [0, 0.1) is 5.92 Å². The summed E-state index contributed by atoms with van der Waals surface area (Å²) in [6.45, 7) is 2.52. The van der Waals surface area contributed by atoms with Crippen LogP contribution in [0.15, 0.2) is 16.9 Å². The first kappa shape index (κ1) is 11.1. The lowest BCUT2D eigenvalue weighted by atomic mass is 9.94. The molecule has 0 saturated carbocycles. The first-order valence-electron chi connectivity index (χ1n) is 5.71. The summed E-state index contributed by atoms with van der Waals surface area (Å²) >= 11 is 0. The molecule has 0 bridgehead atoms. The molecule has 0 aliphatic carbocycles. The first-order chi connectivity index (χ1) is 7.84. The van der Waals surface area contributed by atoms with Gasteiger partial charge in [-0.3, -0.25) is 4.79 Å². The van der Waals surface area contributed by atoms with Crippen LogP contribution in [0.5, 0.6) is 0 Å². The van der Waals surface area contributed by atoms with Crippen molar-refractivity contribution in [2.75, 3.05) is 13.1 Å². The van der Waals surface area contributed by atoms with Gasteiger partial charge < -0.3 is 15.2 Å². The fourth-order valence-electron chi connectivity index (χ4n) is 1.94. The molecule has 0 atom stereocenters. The van der Waals surface area contributed by atoms with Crippen LogP contribution in [0.25, 0.3) is 0 Å². The third-order valence-corrected chi connectivity index (χ3v) is 2.89. The third-order valence-electron chi connectivity index (χ3n) is 2.89. The average Bonchev–Trinajstić information content (AvgIpc) is 2.81. The molecule has 2 N–H and O–H groups in total. The fourth-order valence-corrected chi connectivity index (χ4v) is 1.94. The number of nitrogens with zero attached hydrogens (tertiary/aromatic N) is 1. The van der Waals surface area contributed by atoms with E-state index in [9.17, 15) is 4.79 Å². The number of hydrogen-bond donors (Lipinski definition) is 2. The predicted molar refractivity (Wildman–Crippen MR) is 58.6 cm³/mol. The maximum atomic E-state index is 11.6. The molecule has 1 aromatic heterocycles. The lowest BCUT2D eigenvalue weighted by Gasteiger charge is -2.21. The van der Waals surface area contributed by atoms with Crippen molar-refractivity contribution < 1.29 is 9.32 Å². The Labute approximate surface area is 94.6 Å². The average molecular weight is 223 g/mol. The highest BCUT2D eigenvalue weighted by Crippen LogP contribution is 2.15. The largest absolute Gasteiger partial charge is 0.364 e. The summed E-state index contributed by atoms with van der Waals surface area (Å²) in [5, 5.41) is 9.87. The fraction of sp³-hybridized carbons (Fsp3) is 0.636. The van der Waals surface area contributed by atoms with Gasteiger partial charge in [0.2, 0.25) is 5.91 Å². The van der Waals surface area contributed by atoms with E-state index >= 15 is 0 Å². The van der Waals surface area contributed by atoms with E-state index in [1.54, 1.807) is 6.07 Å². The van der Waals surface area contributed by atoms with Crippen molar-refractivity contribution in [1.29, 1.82) is 0 Å². The number of aromatic nitrogens is 1. The van der Waals surface area contributed by atoms with Crippen molar-refractivity contribution in [3.63, 3.8) is 0 Å². The second-order valence-corrected chi connectivity index (χ2v) is 4.17. The quantitative estimate of drug-likeness (QED) is 0.787. The Bertz CT molecular complexity index is 318. The molecule has 1 aliphatic rings. The maximum Gasteiger partial charge on any atom is 0.220 e. The van der Waals surface area contributed by atoms with Crippen molar-refractivity contribution in [3.05, 3.63) is 18.0 Å². The van der Waals surface area contributed by atoms with Crippen molar-refractivity contribution in [2.24, 2.45) is 5.92 Å². The molecular formula is C11H17N3O2. The van der Waals surface area contributed by atoms with Gasteiger partial charge in [0.05, 0.1) is 6.54 Å². The molecule has 1 aliphatic heterocycles. The molecule has 0 unspecified atom stereocenters. The van der Waals surface area contributed by atoms with Gasteiger partial charge in [-0.25, -0.2) is 0 Å². The number of piperidine rings is 1. The van der Waals surface area contributed by atoms with E-state index in [1.165, 1.54) is 6.26 Å². The van der Waals surface area contributed by atoms with E-state index < -0.39 is 0 Å². The van der Waals surface area contributed by atoms with E-state index in [-0.39, 0.29) is 5.91 Å². The molecule has 16 heavy (non-hydrogen) atoms. The van der Waals surface area contributed by atoms with Crippen LogP contribution < -0.4 is 10.6 Å². The molecular weight excluding hydrogens is 206 g/mol. The van der Waals surface area contributed by atoms with E-state index in [0.717, 1.165) is 31.6 Å². The van der Waals surface area contributed by atoms with Crippen LogP contribution in [0.1, 0.15) is 25.0 Å². The summed E-state index contributed by atoms with van der Waals surface area (Å²) in [4.78, 5) is 11.6. The monoisotopic (exact) mass is 223 g/mol. The number of carbonyl (C=O) groups excluding carboxylic acids is 1. The maximum absolute atomic E-state index is 11.6. The van der Waals surface area contributed by atoms with Crippen LogP contribution in [0.3, 0.4) is 0 Å². The smallest absolute Gasteiger partial charge is 0.220 e. The van der Waals surface area contributed by atoms with Gasteiger partial charge in [0, 0.05) is 12.5 Å². The highest BCUT2D eigenvalue weighted by atomic mass is 16.5. The molecule has 5 nitrogen and oxygen atoms in total. The van der Waals surface area contributed by atoms with Gasteiger partial charge in [-0.05, 0) is 31.8 Å². The van der Waals surface area contributed by atoms with E-state index in [4.69, 9.17) is 0 Å². The third kappa shape index (κ3) is 3.34. The summed E-state index contributed by atoms with van der Waals surface area (Å²) in [5.74, 6) is 0.633. The lowest BCUT2D eigenvalue weighted by molar-refractivity contribution is -0.122.